The summed E-state index contributed by atoms with van der Waals surface area (Å²) in [6, 6.07) is 29.7. The lowest BCUT2D eigenvalue weighted by Crippen LogP contribution is -2.45. The van der Waals surface area contributed by atoms with Gasteiger partial charge in [0, 0.05) is 28.5 Å². The first-order valence-corrected chi connectivity index (χ1v) is 15.5. The van der Waals surface area contributed by atoms with E-state index in [1.165, 1.54) is 23.3 Å². The average Bonchev–Trinajstić information content (AvgIpc) is 3.29. The van der Waals surface area contributed by atoms with Crippen LogP contribution in [0.4, 0.5) is 0 Å². The molecule has 0 aliphatic carbocycles. The molecule has 4 heteroatoms. The number of pyridine rings is 1. The molecule has 36 heavy (non-hydrogen) atoms. The van der Waals surface area contributed by atoms with Crippen LogP contribution in [0.1, 0.15) is 31.9 Å². The van der Waals surface area contributed by atoms with E-state index in [2.05, 4.69) is 100 Å². The molecule has 0 fully saturated rings. The van der Waals surface area contributed by atoms with Crippen LogP contribution in [0.3, 0.4) is 0 Å². The van der Waals surface area contributed by atoms with Crippen LogP contribution in [-0.2, 0) is 7.05 Å². The van der Waals surface area contributed by atoms with Gasteiger partial charge in [0.1, 0.15) is 18.2 Å². The summed E-state index contributed by atoms with van der Waals surface area (Å²) in [5.41, 5.74) is 7.58. The quantitative estimate of drug-likeness (QED) is 0.182. The number of fused-ring (bicyclic) bond motifs is 3. The second-order valence-corrected chi connectivity index (χ2v) is 15.1. The van der Waals surface area contributed by atoms with Crippen molar-refractivity contribution in [2.75, 3.05) is 0 Å². The highest BCUT2D eigenvalue weighted by molar-refractivity contribution is 6.91. The fourth-order valence-corrected chi connectivity index (χ4v) is 9.43. The van der Waals surface area contributed by atoms with Gasteiger partial charge in [-0.05, 0) is 36.2 Å². The number of benzene rings is 3. The molecule has 5 aromatic rings. The maximum Gasteiger partial charge on any atom is 0.216 e. The summed E-state index contributed by atoms with van der Waals surface area (Å²) in [7, 11) is 0.592. The van der Waals surface area contributed by atoms with Gasteiger partial charge < -0.3 is 4.42 Å². The van der Waals surface area contributed by atoms with Gasteiger partial charge in [0.2, 0.25) is 5.69 Å². The zero-order chi connectivity index (χ0) is 25.4. The van der Waals surface area contributed by atoms with Crippen LogP contribution in [0.15, 0.2) is 77.3 Å². The second kappa shape index (κ2) is 9.41. The third-order valence-electron chi connectivity index (χ3n) is 8.27. The summed E-state index contributed by atoms with van der Waals surface area (Å²) in [5.74, 6) is 0. The first kappa shape index (κ1) is 24.0. The van der Waals surface area contributed by atoms with Crippen molar-refractivity contribution in [3.8, 4) is 28.5 Å². The zero-order valence-electron chi connectivity index (χ0n) is 21.9. The summed E-state index contributed by atoms with van der Waals surface area (Å²) in [6.45, 7) is 9.13. The molecule has 0 aliphatic heterocycles. The lowest BCUT2D eigenvalue weighted by atomic mass is 9.96. The lowest BCUT2D eigenvalue weighted by Gasteiger charge is -2.28. The molecule has 0 atom stereocenters. The first-order valence-electron chi connectivity index (χ1n) is 12.9. The summed E-state index contributed by atoms with van der Waals surface area (Å²) in [6.07, 6.45) is 2.06. The Morgan fingerprint density at radius 3 is 2.06 bits per heavy atom. The van der Waals surface area contributed by atoms with E-state index in [9.17, 15) is 5.26 Å². The Balaban J connectivity index is 1.78. The average molecular weight is 490 g/mol. The van der Waals surface area contributed by atoms with E-state index in [1.54, 1.807) is 0 Å². The molecule has 0 saturated heterocycles. The molecular weight excluding hydrogens is 456 g/mol. The number of furan rings is 1. The monoisotopic (exact) mass is 489 g/mol. The number of rotatable bonds is 6. The number of hydrogen-bond donors (Lipinski definition) is 0. The molecule has 0 aliphatic rings. The molecule has 180 valence electrons. The van der Waals surface area contributed by atoms with E-state index in [0.29, 0.717) is 5.56 Å². The Morgan fingerprint density at radius 2 is 1.44 bits per heavy atom. The normalized spacial score (nSPS) is 11.8. The fourth-order valence-electron chi connectivity index (χ4n) is 5.84. The number of aromatic nitrogens is 1. The molecule has 0 unspecified atom stereocenters. The van der Waals surface area contributed by atoms with Gasteiger partial charge in [0.05, 0.1) is 25.3 Å². The van der Waals surface area contributed by atoms with Gasteiger partial charge in [-0.25, -0.2) is 4.57 Å². The van der Waals surface area contributed by atoms with Crippen LogP contribution >= 0.6 is 0 Å². The second-order valence-electron chi connectivity index (χ2n) is 9.83. The predicted octanol–water partition coefficient (Wildman–Crippen LogP) is 7.64. The van der Waals surface area contributed by atoms with Crippen molar-refractivity contribution >= 4 is 35.2 Å². The van der Waals surface area contributed by atoms with E-state index in [-0.39, 0.29) is 0 Å². The van der Waals surface area contributed by atoms with Gasteiger partial charge in [-0.15, -0.1) is 0 Å². The zero-order valence-corrected chi connectivity index (χ0v) is 22.9. The van der Waals surface area contributed by atoms with E-state index in [1.807, 2.05) is 18.2 Å². The molecule has 0 radical (unpaired) electrons. The smallest absolute Gasteiger partial charge is 0.216 e. The standard InChI is InChI=1S/C32H33N2OSi/c1-6-36(7-2,8-3)25-16-13-23(14-17-25)30-24(21-33)15-19-27-26-18-12-22(4)29(31(26)35-32(27)30)28-11-9-10-20-34(28)5/h9-20H,6-8H2,1-5H3/q+1. The number of hydrogen-bond acceptors (Lipinski definition) is 2. The maximum atomic E-state index is 10.0. The molecule has 0 N–H and O–H groups in total. The van der Waals surface area contributed by atoms with Gasteiger partial charge in [-0.1, -0.05) is 80.5 Å². The van der Waals surface area contributed by atoms with E-state index in [0.717, 1.165) is 49.9 Å². The van der Waals surface area contributed by atoms with Gasteiger partial charge in [-0.3, -0.25) is 0 Å². The Bertz CT molecular complexity index is 1610. The largest absolute Gasteiger partial charge is 0.454 e. The Hall–Kier alpha value is -3.68. The van der Waals surface area contributed by atoms with Crippen molar-refractivity contribution < 1.29 is 8.98 Å². The minimum atomic E-state index is -1.47. The van der Waals surface area contributed by atoms with E-state index in [4.69, 9.17) is 4.42 Å². The van der Waals surface area contributed by atoms with Gasteiger partial charge >= 0.3 is 0 Å². The molecule has 0 spiro atoms. The summed E-state index contributed by atoms with van der Waals surface area (Å²) < 4.78 is 8.83. The Labute approximate surface area is 214 Å². The third-order valence-corrected chi connectivity index (χ3v) is 13.9. The minimum absolute atomic E-state index is 0.642. The van der Waals surface area contributed by atoms with Gasteiger partial charge in [0.25, 0.3) is 0 Å². The van der Waals surface area contributed by atoms with Crippen LogP contribution in [0.25, 0.3) is 44.3 Å². The summed E-state index contributed by atoms with van der Waals surface area (Å²) in [4.78, 5) is 0. The number of aryl methyl sites for hydroxylation is 2. The minimum Gasteiger partial charge on any atom is -0.454 e. The van der Waals surface area contributed by atoms with Crippen molar-refractivity contribution in [2.24, 2.45) is 7.05 Å². The van der Waals surface area contributed by atoms with E-state index < -0.39 is 8.07 Å². The predicted molar refractivity (Wildman–Crippen MR) is 152 cm³/mol. The van der Waals surface area contributed by atoms with Gasteiger partial charge in [0.15, 0.2) is 6.20 Å². The number of nitrogens with zero attached hydrogens (tertiary/aromatic N) is 2. The third kappa shape index (κ3) is 3.67. The molecule has 0 saturated carbocycles. The van der Waals surface area contributed by atoms with Crippen molar-refractivity contribution in [1.82, 2.24) is 0 Å². The van der Waals surface area contributed by atoms with Crippen molar-refractivity contribution in [1.29, 1.82) is 5.26 Å². The SMILES string of the molecule is CC[Si](CC)(CC)c1ccc(-c2c(C#N)ccc3c2oc2c(-c4cccc[n+]4C)c(C)ccc23)cc1. The van der Waals surface area contributed by atoms with Crippen LogP contribution < -0.4 is 9.75 Å². The highest BCUT2D eigenvalue weighted by Crippen LogP contribution is 2.41. The summed E-state index contributed by atoms with van der Waals surface area (Å²) in [5, 5.41) is 13.7. The molecule has 3 nitrogen and oxygen atoms in total. The van der Waals surface area contributed by atoms with Crippen molar-refractivity contribution in [2.45, 2.75) is 45.8 Å². The van der Waals surface area contributed by atoms with Gasteiger partial charge in [-0.2, -0.15) is 5.26 Å². The first-order chi connectivity index (χ1) is 17.5. The number of nitriles is 1. The molecule has 5 rings (SSSR count). The van der Waals surface area contributed by atoms with Crippen LogP contribution in [0.2, 0.25) is 18.1 Å². The van der Waals surface area contributed by atoms with Crippen LogP contribution in [0.5, 0.6) is 0 Å². The molecule has 2 aromatic heterocycles. The Morgan fingerprint density at radius 1 is 0.806 bits per heavy atom. The van der Waals surface area contributed by atoms with Crippen molar-refractivity contribution in [3.63, 3.8) is 0 Å². The van der Waals surface area contributed by atoms with Crippen molar-refractivity contribution in [3.05, 3.63) is 84.1 Å². The molecule has 0 bridgehead atoms. The maximum absolute atomic E-state index is 10.0. The molecule has 0 amide bonds. The molecule has 2 heterocycles. The van der Waals surface area contributed by atoms with Crippen LogP contribution in [-0.4, -0.2) is 8.07 Å². The topological polar surface area (TPSA) is 40.8 Å². The molecular formula is C32H33N2OSi+. The highest BCUT2D eigenvalue weighted by Gasteiger charge is 2.29. The molecule has 3 aromatic carbocycles. The Kier molecular flexibility index (Phi) is 6.28. The fraction of sp³-hybridized carbons (Fsp3) is 0.250. The van der Waals surface area contributed by atoms with E-state index >= 15 is 0 Å². The highest BCUT2D eigenvalue weighted by atomic mass is 28.3. The lowest BCUT2D eigenvalue weighted by molar-refractivity contribution is -0.660. The summed E-state index contributed by atoms with van der Waals surface area (Å²) >= 11 is 0. The van der Waals surface area contributed by atoms with Crippen LogP contribution in [0, 0.1) is 18.3 Å².